The predicted molar refractivity (Wildman–Crippen MR) is 127 cm³/mol. The molecule has 1 saturated heterocycles. The standard InChI is InChI=1S/C26H27N3O6/c27-23(32)10-20(16-4-6-18(30)7-5-16)26-25(34)22(31)9-19(35-26)14-28-11-15-8-17(13-28)21-2-1-3-24(33)29(21)12-15/h1-7,9,15,17,20,30,34H,8,10-14H2,(H2,27,32). The maximum absolute atomic E-state index is 12.7. The summed E-state index contributed by atoms with van der Waals surface area (Å²) in [6, 6.07) is 12.8. The van der Waals surface area contributed by atoms with Crippen LogP contribution in [0.5, 0.6) is 11.5 Å². The van der Waals surface area contributed by atoms with Crippen LogP contribution in [0.25, 0.3) is 0 Å². The van der Waals surface area contributed by atoms with Crippen molar-refractivity contribution in [2.45, 2.75) is 37.8 Å². The van der Waals surface area contributed by atoms with Crippen LogP contribution in [0, 0.1) is 5.92 Å². The zero-order valence-corrected chi connectivity index (χ0v) is 19.1. The van der Waals surface area contributed by atoms with Gasteiger partial charge in [0.2, 0.25) is 17.1 Å². The highest BCUT2D eigenvalue weighted by atomic mass is 16.4. The van der Waals surface area contributed by atoms with Crippen LogP contribution in [0.2, 0.25) is 0 Å². The van der Waals surface area contributed by atoms with E-state index in [0.717, 1.165) is 18.7 Å². The molecule has 0 radical (unpaired) electrons. The summed E-state index contributed by atoms with van der Waals surface area (Å²) in [6.45, 7) is 2.47. The Morgan fingerprint density at radius 3 is 2.60 bits per heavy atom. The van der Waals surface area contributed by atoms with E-state index in [0.29, 0.717) is 36.9 Å². The first-order valence-electron chi connectivity index (χ1n) is 11.6. The van der Waals surface area contributed by atoms with Gasteiger partial charge >= 0.3 is 0 Å². The van der Waals surface area contributed by atoms with E-state index >= 15 is 0 Å². The highest BCUT2D eigenvalue weighted by Crippen LogP contribution is 2.37. The summed E-state index contributed by atoms with van der Waals surface area (Å²) < 4.78 is 7.90. The van der Waals surface area contributed by atoms with E-state index in [2.05, 4.69) is 4.90 Å². The molecule has 2 aliphatic rings. The van der Waals surface area contributed by atoms with Crippen LogP contribution in [-0.2, 0) is 17.9 Å². The number of carbonyl (C=O) groups excluding carboxylic acids is 1. The van der Waals surface area contributed by atoms with Gasteiger partial charge in [0.15, 0.2) is 5.76 Å². The van der Waals surface area contributed by atoms with Crippen molar-refractivity contribution in [1.82, 2.24) is 9.47 Å². The third-order valence-electron chi connectivity index (χ3n) is 6.95. The molecule has 1 aromatic carbocycles. The first kappa shape index (κ1) is 22.9. The maximum atomic E-state index is 12.7. The summed E-state index contributed by atoms with van der Waals surface area (Å²) in [6.07, 6.45) is 0.830. The van der Waals surface area contributed by atoms with Crippen LogP contribution >= 0.6 is 0 Å². The highest BCUT2D eigenvalue weighted by Gasteiger charge is 2.35. The van der Waals surface area contributed by atoms with Crippen molar-refractivity contribution >= 4 is 5.91 Å². The zero-order chi connectivity index (χ0) is 24.7. The zero-order valence-electron chi connectivity index (χ0n) is 19.1. The lowest BCUT2D eigenvalue weighted by atomic mass is 9.83. The summed E-state index contributed by atoms with van der Waals surface area (Å²) in [4.78, 5) is 38.9. The molecule has 182 valence electrons. The van der Waals surface area contributed by atoms with Crippen LogP contribution in [0.3, 0.4) is 0 Å². The van der Waals surface area contributed by atoms with Crippen molar-refractivity contribution in [3.8, 4) is 11.5 Å². The van der Waals surface area contributed by atoms with Crippen molar-refractivity contribution in [1.29, 1.82) is 0 Å². The van der Waals surface area contributed by atoms with Gasteiger partial charge in [-0.3, -0.25) is 19.3 Å². The fourth-order valence-electron chi connectivity index (χ4n) is 5.48. The fraction of sp³-hybridized carbons (Fsp3) is 0.346. The monoisotopic (exact) mass is 477 g/mol. The molecule has 3 unspecified atom stereocenters. The minimum atomic E-state index is -0.778. The largest absolute Gasteiger partial charge is 0.508 e. The molecule has 0 aliphatic carbocycles. The highest BCUT2D eigenvalue weighted by molar-refractivity contribution is 5.75. The van der Waals surface area contributed by atoms with Gasteiger partial charge in [-0.2, -0.15) is 0 Å². The van der Waals surface area contributed by atoms with Gasteiger partial charge in [0.05, 0.1) is 12.5 Å². The summed E-state index contributed by atoms with van der Waals surface area (Å²) in [5, 5.41) is 20.2. The minimum absolute atomic E-state index is 0.0221. The lowest BCUT2D eigenvalue weighted by Crippen LogP contribution is -2.46. The number of pyridine rings is 1. The van der Waals surface area contributed by atoms with Crippen molar-refractivity contribution in [2.24, 2.45) is 11.7 Å². The van der Waals surface area contributed by atoms with Crippen molar-refractivity contribution in [2.75, 3.05) is 13.1 Å². The summed E-state index contributed by atoms with van der Waals surface area (Å²) in [7, 11) is 0. The number of aromatic hydroxyl groups is 2. The van der Waals surface area contributed by atoms with Crippen molar-refractivity contribution < 1.29 is 19.4 Å². The second-order valence-corrected chi connectivity index (χ2v) is 9.50. The summed E-state index contributed by atoms with van der Waals surface area (Å²) in [5.74, 6) is -1.04. The molecule has 5 rings (SSSR count). The number of carbonyl (C=O) groups is 1. The number of hydrogen-bond acceptors (Lipinski definition) is 7. The molecule has 4 heterocycles. The Balaban J connectivity index is 1.44. The quantitative estimate of drug-likeness (QED) is 0.492. The summed E-state index contributed by atoms with van der Waals surface area (Å²) in [5.41, 5.74) is 6.49. The van der Waals surface area contributed by atoms with Crippen LogP contribution < -0.4 is 16.7 Å². The molecular weight excluding hydrogens is 450 g/mol. The molecule has 1 amide bonds. The molecule has 1 fully saturated rings. The number of fused-ring (bicyclic) bond motifs is 4. The summed E-state index contributed by atoms with van der Waals surface area (Å²) >= 11 is 0. The molecule has 9 nitrogen and oxygen atoms in total. The number of rotatable bonds is 6. The number of phenols is 1. The molecule has 2 aliphatic heterocycles. The minimum Gasteiger partial charge on any atom is -0.508 e. The van der Waals surface area contributed by atoms with Crippen molar-refractivity contribution in [3.63, 3.8) is 0 Å². The van der Waals surface area contributed by atoms with Gasteiger partial charge in [-0.1, -0.05) is 18.2 Å². The molecule has 4 N–H and O–H groups in total. The Morgan fingerprint density at radius 2 is 1.86 bits per heavy atom. The van der Waals surface area contributed by atoms with E-state index in [9.17, 15) is 24.6 Å². The van der Waals surface area contributed by atoms with E-state index in [4.69, 9.17) is 10.2 Å². The molecular formula is C26H27N3O6. The molecule has 9 heteroatoms. The lowest BCUT2D eigenvalue weighted by molar-refractivity contribution is -0.118. The predicted octanol–water partition coefficient (Wildman–Crippen LogP) is 1.84. The van der Waals surface area contributed by atoms with Gasteiger partial charge in [-0.05, 0) is 36.1 Å². The smallest absolute Gasteiger partial charge is 0.250 e. The molecule has 0 saturated carbocycles. The number of nitrogens with two attached hydrogens (primary N) is 1. The fourth-order valence-corrected chi connectivity index (χ4v) is 5.48. The molecule has 2 aromatic heterocycles. The Kier molecular flexibility index (Phi) is 5.94. The Labute approximate surface area is 201 Å². The van der Waals surface area contributed by atoms with Gasteiger partial charge in [0.25, 0.3) is 5.56 Å². The average Bonchev–Trinajstić information content (AvgIpc) is 2.81. The molecule has 3 aromatic rings. The van der Waals surface area contributed by atoms with Crippen LogP contribution in [0.1, 0.15) is 47.5 Å². The number of hydrogen-bond donors (Lipinski definition) is 3. The SMILES string of the molecule is NC(=O)CC(c1ccc(O)cc1)c1oc(CN2CC3CC(C2)c2cccc(=O)n2C3)cc(=O)c1O. The first-order valence-corrected chi connectivity index (χ1v) is 11.6. The van der Waals surface area contributed by atoms with Crippen LogP contribution in [-0.4, -0.2) is 38.7 Å². The first-order chi connectivity index (χ1) is 16.8. The Hall–Kier alpha value is -3.85. The number of aromatic nitrogens is 1. The van der Waals surface area contributed by atoms with E-state index in [1.165, 1.54) is 18.2 Å². The Bertz CT molecular complexity index is 1380. The normalized spacial score (nSPS) is 20.2. The molecule has 2 bridgehead atoms. The molecule has 35 heavy (non-hydrogen) atoms. The Morgan fingerprint density at radius 1 is 1.09 bits per heavy atom. The number of benzene rings is 1. The van der Waals surface area contributed by atoms with E-state index < -0.39 is 23.0 Å². The van der Waals surface area contributed by atoms with Gasteiger partial charge in [0, 0.05) is 49.8 Å². The van der Waals surface area contributed by atoms with E-state index in [1.54, 1.807) is 24.3 Å². The third kappa shape index (κ3) is 4.59. The van der Waals surface area contributed by atoms with Crippen molar-refractivity contribution in [3.05, 3.63) is 91.9 Å². The van der Waals surface area contributed by atoms with E-state index in [1.807, 2.05) is 10.6 Å². The number of nitrogens with zero attached hydrogens (tertiary/aromatic N) is 2. The van der Waals surface area contributed by atoms with Crippen LogP contribution in [0.4, 0.5) is 0 Å². The number of phenolic OH excluding ortho intramolecular Hbond substituents is 1. The second-order valence-electron chi connectivity index (χ2n) is 9.50. The lowest BCUT2D eigenvalue weighted by Gasteiger charge is -2.42. The number of primary amides is 1. The number of likely N-dealkylation sites (tertiary alicyclic amines) is 1. The molecule has 3 atom stereocenters. The third-order valence-corrected chi connectivity index (χ3v) is 6.95. The number of amides is 1. The second kappa shape index (κ2) is 9.07. The number of piperidine rings is 1. The molecule has 0 spiro atoms. The average molecular weight is 478 g/mol. The topological polar surface area (TPSA) is 139 Å². The van der Waals surface area contributed by atoms with Gasteiger partial charge < -0.3 is 24.9 Å². The van der Waals surface area contributed by atoms with Gasteiger partial charge in [-0.15, -0.1) is 0 Å². The maximum Gasteiger partial charge on any atom is 0.250 e. The van der Waals surface area contributed by atoms with E-state index in [-0.39, 0.29) is 29.4 Å². The van der Waals surface area contributed by atoms with Crippen LogP contribution in [0.15, 0.2) is 62.5 Å². The van der Waals surface area contributed by atoms with Gasteiger partial charge in [-0.25, -0.2) is 0 Å². The van der Waals surface area contributed by atoms with Gasteiger partial charge in [0.1, 0.15) is 11.5 Å².